The monoisotopic (exact) mass is 391 g/mol. The largest absolute Gasteiger partial charge is 0.282 e. The van der Waals surface area contributed by atoms with Crippen molar-refractivity contribution >= 4 is 22.4 Å². The zero-order valence-corrected chi connectivity index (χ0v) is 15.7. The maximum atomic E-state index is 14.1. The van der Waals surface area contributed by atoms with E-state index in [1.54, 1.807) is 11.1 Å². The molecule has 1 heterocycles. The van der Waals surface area contributed by atoms with E-state index in [9.17, 15) is 18.8 Å². The molecule has 146 valence electrons. The number of nitrogens with zero attached hydrogens (tertiary/aromatic N) is 3. The number of hydrogen-bond acceptors (Lipinski definition) is 3. The van der Waals surface area contributed by atoms with E-state index in [4.69, 9.17) is 0 Å². The molecule has 1 saturated heterocycles. The number of carbonyl (C=O) groups excluding carboxylic acids is 1. The Hall–Kier alpha value is -3.46. The molecule has 0 bridgehead atoms. The third kappa shape index (κ3) is 3.52. The summed E-state index contributed by atoms with van der Waals surface area (Å²) in [5.74, 6) is -2.22. The number of hydrogen-bond donors (Lipinski definition) is 0. The highest BCUT2D eigenvalue weighted by Crippen LogP contribution is 2.32. The molecule has 0 N–H and O–H groups in total. The summed E-state index contributed by atoms with van der Waals surface area (Å²) >= 11 is 0. The first-order valence-corrected chi connectivity index (χ1v) is 9.52. The lowest BCUT2D eigenvalue weighted by atomic mass is 10.0. The van der Waals surface area contributed by atoms with E-state index in [0.717, 1.165) is 35.4 Å². The Bertz CT molecular complexity index is 1120. The molecule has 1 fully saturated rings. The van der Waals surface area contributed by atoms with Gasteiger partial charge in [-0.15, -0.1) is 0 Å². The predicted molar refractivity (Wildman–Crippen MR) is 107 cm³/mol. The van der Waals surface area contributed by atoms with Crippen molar-refractivity contribution in [1.29, 1.82) is 5.26 Å². The van der Waals surface area contributed by atoms with Gasteiger partial charge in [-0.3, -0.25) is 14.8 Å². The van der Waals surface area contributed by atoms with Gasteiger partial charge in [0.05, 0.1) is 23.7 Å². The van der Waals surface area contributed by atoms with Gasteiger partial charge in [0.15, 0.2) is 11.6 Å². The summed E-state index contributed by atoms with van der Waals surface area (Å²) in [4.78, 5) is 13.0. The molecule has 4 nitrogen and oxygen atoms in total. The van der Waals surface area contributed by atoms with Crippen LogP contribution in [0.25, 0.3) is 10.8 Å². The summed E-state index contributed by atoms with van der Waals surface area (Å²) in [7, 11) is 0. The van der Waals surface area contributed by atoms with Crippen molar-refractivity contribution in [2.24, 2.45) is 0 Å². The van der Waals surface area contributed by atoms with Crippen LogP contribution in [0, 0.1) is 23.0 Å². The van der Waals surface area contributed by atoms with Crippen LogP contribution in [0.3, 0.4) is 0 Å². The number of carbonyl (C=O) groups is 1. The van der Waals surface area contributed by atoms with E-state index in [-0.39, 0.29) is 17.9 Å². The summed E-state index contributed by atoms with van der Waals surface area (Å²) < 4.78 is 27.6. The molecule has 4 rings (SSSR count). The molecular formula is C23H19F2N3O. The highest BCUT2D eigenvalue weighted by Gasteiger charge is 2.27. The van der Waals surface area contributed by atoms with Crippen molar-refractivity contribution in [3.05, 3.63) is 77.4 Å². The third-order valence-corrected chi connectivity index (χ3v) is 5.24. The molecule has 3 aromatic carbocycles. The van der Waals surface area contributed by atoms with Crippen molar-refractivity contribution < 1.29 is 13.6 Å². The second-order valence-electron chi connectivity index (χ2n) is 7.03. The molecule has 6 heteroatoms. The van der Waals surface area contributed by atoms with Gasteiger partial charge in [-0.25, -0.2) is 8.78 Å². The van der Waals surface area contributed by atoms with Gasteiger partial charge in [-0.1, -0.05) is 36.4 Å². The summed E-state index contributed by atoms with van der Waals surface area (Å²) in [6.45, 7) is 1.14. The summed E-state index contributed by atoms with van der Waals surface area (Å²) in [5.41, 5.74) is 1.44. The SMILES string of the molecule is N#Cc1ccc(N2CCCCN2C(=O)Cc2cccc(F)c2F)c2ccccc12. The summed E-state index contributed by atoms with van der Waals surface area (Å²) in [5, 5.41) is 14.6. The Morgan fingerprint density at radius 1 is 0.966 bits per heavy atom. The van der Waals surface area contributed by atoms with Crippen molar-refractivity contribution in [3.63, 3.8) is 0 Å². The molecule has 0 radical (unpaired) electrons. The van der Waals surface area contributed by atoms with Gasteiger partial charge in [-0.2, -0.15) is 5.26 Å². The maximum absolute atomic E-state index is 14.1. The zero-order chi connectivity index (χ0) is 20.4. The Labute approximate surface area is 167 Å². The van der Waals surface area contributed by atoms with Crippen LogP contribution < -0.4 is 5.01 Å². The standard InChI is InChI=1S/C23H19F2N3O/c24-20-9-5-6-16(23(20)25)14-22(29)28-13-4-3-12-27(28)21-11-10-17(15-26)18-7-1-2-8-19(18)21/h1-2,5-11H,3-4,12-14H2. The number of halogens is 2. The Kier molecular flexibility index (Phi) is 5.13. The maximum Gasteiger partial charge on any atom is 0.245 e. The molecule has 0 atom stereocenters. The van der Waals surface area contributed by atoms with E-state index in [1.807, 2.05) is 35.3 Å². The molecule has 0 aliphatic carbocycles. The fraction of sp³-hybridized carbons (Fsp3) is 0.217. The van der Waals surface area contributed by atoms with Gasteiger partial charge in [0, 0.05) is 29.4 Å². The second-order valence-corrected chi connectivity index (χ2v) is 7.03. The Balaban J connectivity index is 1.70. The second kappa shape index (κ2) is 7.88. The lowest BCUT2D eigenvalue weighted by Crippen LogP contribution is -2.51. The van der Waals surface area contributed by atoms with Gasteiger partial charge in [0.2, 0.25) is 5.91 Å². The van der Waals surface area contributed by atoms with Gasteiger partial charge >= 0.3 is 0 Å². The quantitative estimate of drug-likeness (QED) is 0.657. The molecule has 3 aromatic rings. The minimum Gasteiger partial charge on any atom is -0.282 e. The topological polar surface area (TPSA) is 47.3 Å². The lowest BCUT2D eigenvalue weighted by molar-refractivity contribution is -0.132. The predicted octanol–water partition coefficient (Wildman–Crippen LogP) is 4.58. The first-order valence-electron chi connectivity index (χ1n) is 9.52. The molecule has 0 saturated carbocycles. The molecule has 1 aliphatic heterocycles. The smallest absolute Gasteiger partial charge is 0.245 e. The van der Waals surface area contributed by atoms with Gasteiger partial charge in [0.1, 0.15) is 0 Å². The molecule has 1 amide bonds. The number of benzene rings is 3. The van der Waals surface area contributed by atoms with Gasteiger partial charge in [0.25, 0.3) is 0 Å². The Morgan fingerprint density at radius 2 is 1.72 bits per heavy atom. The summed E-state index contributed by atoms with van der Waals surface area (Å²) in [6.07, 6.45) is 1.53. The van der Waals surface area contributed by atoms with Crippen LogP contribution >= 0.6 is 0 Å². The third-order valence-electron chi connectivity index (χ3n) is 5.24. The lowest BCUT2D eigenvalue weighted by Gasteiger charge is -2.41. The Morgan fingerprint density at radius 3 is 2.52 bits per heavy atom. The number of hydrazine groups is 1. The minimum atomic E-state index is -0.978. The minimum absolute atomic E-state index is 0.0465. The van der Waals surface area contributed by atoms with E-state index < -0.39 is 11.6 Å². The van der Waals surface area contributed by atoms with E-state index in [0.29, 0.717) is 18.7 Å². The van der Waals surface area contributed by atoms with Crippen LogP contribution in [0.5, 0.6) is 0 Å². The molecule has 0 spiro atoms. The van der Waals surface area contributed by atoms with E-state index in [1.165, 1.54) is 12.1 Å². The fourth-order valence-corrected chi connectivity index (χ4v) is 3.82. The van der Waals surface area contributed by atoms with E-state index >= 15 is 0 Å². The van der Waals surface area contributed by atoms with Gasteiger partial charge < -0.3 is 0 Å². The molecule has 1 aliphatic rings. The van der Waals surface area contributed by atoms with Crippen LogP contribution in [0.4, 0.5) is 14.5 Å². The first kappa shape index (κ1) is 18.9. The molecular weight excluding hydrogens is 372 g/mol. The van der Waals surface area contributed by atoms with Crippen LogP contribution in [0.1, 0.15) is 24.0 Å². The van der Waals surface area contributed by atoms with Gasteiger partial charge in [-0.05, 0) is 31.0 Å². The fourth-order valence-electron chi connectivity index (χ4n) is 3.82. The van der Waals surface area contributed by atoms with Crippen LogP contribution in [0.2, 0.25) is 0 Å². The summed E-state index contributed by atoms with van der Waals surface area (Å²) in [6, 6.07) is 17.3. The highest BCUT2D eigenvalue weighted by atomic mass is 19.2. The number of anilines is 1. The zero-order valence-electron chi connectivity index (χ0n) is 15.7. The van der Waals surface area contributed by atoms with Crippen molar-refractivity contribution in [2.45, 2.75) is 19.3 Å². The van der Waals surface area contributed by atoms with Crippen molar-refractivity contribution in [1.82, 2.24) is 5.01 Å². The van der Waals surface area contributed by atoms with Crippen molar-refractivity contribution in [3.8, 4) is 6.07 Å². The highest BCUT2D eigenvalue weighted by molar-refractivity contribution is 5.98. The van der Waals surface area contributed by atoms with Crippen LogP contribution in [0.15, 0.2) is 54.6 Å². The number of nitriles is 1. The number of fused-ring (bicyclic) bond motifs is 1. The van der Waals surface area contributed by atoms with Crippen LogP contribution in [-0.4, -0.2) is 24.0 Å². The van der Waals surface area contributed by atoms with E-state index in [2.05, 4.69) is 6.07 Å². The normalized spacial score (nSPS) is 14.1. The molecule has 0 unspecified atom stereocenters. The average molecular weight is 391 g/mol. The number of amides is 1. The number of rotatable bonds is 3. The average Bonchev–Trinajstić information content (AvgIpc) is 2.76. The molecule has 29 heavy (non-hydrogen) atoms. The van der Waals surface area contributed by atoms with Crippen molar-refractivity contribution in [2.75, 3.05) is 18.1 Å². The molecule has 0 aromatic heterocycles. The first-order chi connectivity index (χ1) is 14.1. The van der Waals surface area contributed by atoms with Crippen LogP contribution in [-0.2, 0) is 11.2 Å².